The summed E-state index contributed by atoms with van der Waals surface area (Å²) in [5, 5.41) is 0. The number of ether oxygens (including phenoxy) is 1. The number of nitrogens with zero attached hydrogens (tertiary/aromatic N) is 2. The van der Waals surface area contributed by atoms with E-state index in [4.69, 9.17) is 4.74 Å². The first-order chi connectivity index (χ1) is 9.49. The van der Waals surface area contributed by atoms with Gasteiger partial charge >= 0.3 is 0 Å². The van der Waals surface area contributed by atoms with Crippen LogP contribution in [0.25, 0.3) is 0 Å². The van der Waals surface area contributed by atoms with Crippen LogP contribution >= 0.6 is 0 Å². The minimum Gasteiger partial charge on any atom is -0.481 e. The van der Waals surface area contributed by atoms with Gasteiger partial charge in [0.1, 0.15) is 0 Å². The van der Waals surface area contributed by atoms with E-state index >= 15 is 0 Å². The van der Waals surface area contributed by atoms with Crippen LogP contribution in [0.2, 0.25) is 0 Å². The van der Waals surface area contributed by atoms with Crippen molar-refractivity contribution in [3.63, 3.8) is 0 Å². The molecule has 0 radical (unpaired) electrons. The molecule has 0 unspecified atom stereocenters. The smallest absolute Gasteiger partial charge is 0.260 e. The molecule has 1 saturated heterocycles. The lowest BCUT2D eigenvalue weighted by Crippen LogP contribution is -2.56. The van der Waals surface area contributed by atoms with Crippen molar-refractivity contribution in [2.24, 2.45) is 5.92 Å². The molecule has 2 amide bonds. The molecule has 20 heavy (non-hydrogen) atoms. The third kappa shape index (κ3) is 3.07. The molecule has 1 aromatic rings. The van der Waals surface area contributed by atoms with E-state index in [0.29, 0.717) is 13.1 Å². The summed E-state index contributed by atoms with van der Waals surface area (Å²) in [7, 11) is 3.38. The van der Waals surface area contributed by atoms with Crippen molar-refractivity contribution in [3.8, 4) is 5.75 Å². The Morgan fingerprint density at radius 1 is 1.35 bits per heavy atom. The van der Waals surface area contributed by atoms with Crippen molar-refractivity contribution in [2.45, 2.75) is 0 Å². The van der Waals surface area contributed by atoms with E-state index < -0.39 is 5.82 Å². The Hall–Kier alpha value is -2.11. The minimum absolute atomic E-state index is 0.0177. The summed E-state index contributed by atoms with van der Waals surface area (Å²) >= 11 is 0. The number of hydrogen-bond acceptors (Lipinski definition) is 3. The topological polar surface area (TPSA) is 49.9 Å². The number of benzene rings is 1. The third-order valence-corrected chi connectivity index (χ3v) is 3.21. The maximum atomic E-state index is 13.3. The van der Waals surface area contributed by atoms with Crippen molar-refractivity contribution in [1.29, 1.82) is 0 Å². The fourth-order valence-corrected chi connectivity index (χ4v) is 2.00. The van der Waals surface area contributed by atoms with Crippen LogP contribution in [0, 0.1) is 11.7 Å². The third-order valence-electron chi connectivity index (χ3n) is 3.21. The molecule has 1 fully saturated rings. The Morgan fingerprint density at radius 3 is 2.60 bits per heavy atom. The second kappa shape index (κ2) is 5.90. The average molecular weight is 280 g/mol. The molecule has 0 aromatic heterocycles. The summed E-state index contributed by atoms with van der Waals surface area (Å²) in [6.45, 7) is 0.580. The number of carbonyl (C=O) groups is 2. The van der Waals surface area contributed by atoms with Crippen LogP contribution in [0.15, 0.2) is 24.3 Å². The fraction of sp³-hybridized carbons (Fsp3) is 0.429. The number of likely N-dealkylation sites (tertiary alicyclic amines) is 1. The molecular formula is C14H17FN2O3. The van der Waals surface area contributed by atoms with Crippen LogP contribution in [0.3, 0.4) is 0 Å². The molecule has 0 N–H and O–H groups in total. The second-order valence-electron chi connectivity index (χ2n) is 4.95. The van der Waals surface area contributed by atoms with Gasteiger partial charge in [0, 0.05) is 27.2 Å². The van der Waals surface area contributed by atoms with Gasteiger partial charge in [0.15, 0.2) is 18.2 Å². The molecule has 108 valence electrons. The average Bonchev–Trinajstić information content (AvgIpc) is 2.35. The molecule has 1 heterocycles. The Bertz CT molecular complexity index is 513. The number of halogens is 1. The predicted octanol–water partition coefficient (Wildman–Crippen LogP) is 0.751. The maximum Gasteiger partial charge on any atom is 0.260 e. The van der Waals surface area contributed by atoms with Crippen LogP contribution in [-0.2, 0) is 9.59 Å². The van der Waals surface area contributed by atoms with Gasteiger partial charge in [0.05, 0.1) is 5.92 Å². The monoisotopic (exact) mass is 280 g/mol. The molecule has 0 bridgehead atoms. The molecule has 0 spiro atoms. The van der Waals surface area contributed by atoms with Gasteiger partial charge in [0.25, 0.3) is 5.91 Å². The molecular weight excluding hydrogens is 263 g/mol. The van der Waals surface area contributed by atoms with Crippen molar-refractivity contribution in [2.75, 3.05) is 33.8 Å². The van der Waals surface area contributed by atoms with Crippen LogP contribution in [0.4, 0.5) is 4.39 Å². The summed E-state index contributed by atoms with van der Waals surface area (Å²) < 4.78 is 18.4. The maximum absolute atomic E-state index is 13.3. The van der Waals surface area contributed by atoms with Crippen LogP contribution in [0.1, 0.15) is 0 Å². The van der Waals surface area contributed by atoms with Crippen LogP contribution in [0.5, 0.6) is 5.75 Å². The van der Waals surface area contributed by atoms with E-state index in [1.807, 2.05) is 0 Å². The molecule has 1 aliphatic rings. The predicted molar refractivity (Wildman–Crippen MR) is 70.7 cm³/mol. The first kappa shape index (κ1) is 14.3. The lowest BCUT2D eigenvalue weighted by Gasteiger charge is -2.39. The SMILES string of the molecule is CN(C)C(=O)C1CN(C(=O)COc2ccccc2F)C1. The summed E-state index contributed by atoms with van der Waals surface area (Å²) in [6, 6.07) is 5.93. The van der Waals surface area contributed by atoms with E-state index in [1.54, 1.807) is 26.2 Å². The van der Waals surface area contributed by atoms with Gasteiger partial charge in [-0.05, 0) is 12.1 Å². The number of amides is 2. The van der Waals surface area contributed by atoms with E-state index in [-0.39, 0.29) is 30.1 Å². The molecule has 0 atom stereocenters. The Morgan fingerprint density at radius 2 is 2.00 bits per heavy atom. The second-order valence-corrected chi connectivity index (χ2v) is 4.95. The lowest BCUT2D eigenvalue weighted by atomic mass is 9.99. The van der Waals surface area contributed by atoms with E-state index in [0.717, 1.165) is 0 Å². The van der Waals surface area contributed by atoms with Crippen LogP contribution < -0.4 is 4.74 Å². The number of carbonyl (C=O) groups excluding carboxylic acids is 2. The van der Waals surface area contributed by atoms with E-state index in [2.05, 4.69) is 0 Å². The quantitative estimate of drug-likeness (QED) is 0.818. The summed E-state index contributed by atoms with van der Waals surface area (Å²) in [6.07, 6.45) is 0. The molecule has 2 rings (SSSR count). The zero-order chi connectivity index (χ0) is 14.7. The Balaban J connectivity index is 1.78. The number of rotatable bonds is 4. The zero-order valence-electron chi connectivity index (χ0n) is 11.5. The minimum atomic E-state index is -0.496. The van der Waals surface area contributed by atoms with E-state index in [1.165, 1.54) is 21.9 Å². The molecule has 0 saturated carbocycles. The highest BCUT2D eigenvalue weighted by molar-refractivity contribution is 5.84. The van der Waals surface area contributed by atoms with Gasteiger partial charge in [0.2, 0.25) is 5.91 Å². The van der Waals surface area contributed by atoms with Crippen LogP contribution in [-0.4, -0.2) is 55.4 Å². The molecule has 0 aliphatic carbocycles. The van der Waals surface area contributed by atoms with Gasteiger partial charge in [-0.1, -0.05) is 12.1 Å². The fourth-order valence-electron chi connectivity index (χ4n) is 2.00. The largest absolute Gasteiger partial charge is 0.481 e. The van der Waals surface area contributed by atoms with Gasteiger partial charge < -0.3 is 14.5 Å². The molecule has 1 aliphatic heterocycles. The van der Waals surface area contributed by atoms with Crippen molar-refractivity contribution >= 4 is 11.8 Å². The van der Waals surface area contributed by atoms with Gasteiger partial charge in [-0.25, -0.2) is 4.39 Å². The Kier molecular flexibility index (Phi) is 4.22. The molecule has 5 nitrogen and oxygen atoms in total. The highest BCUT2D eigenvalue weighted by Crippen LogP contribution is 2.19. The molecule has 6 heteroatoms. The molecule has 1 aromatic carbocycles. The highest BCUT2D eigenvalue weighted by Gasteiger charge is 2.36. The summed E-state index contributed by atoms with van der Waals surface area (Å²) in [4.78, 5) is 26.5. The van der Waals surface area contributed by atoms with Crippen molar-refractivity contribution < 1.29 is 18.7 Å². The number of hydrogen-bond donors (Lipinski definition) is 0. The van der Waals surface area contributed by atoms with Gasteiger partial charge in [-0.3, -0.25) is 9.59 Å². The van der Waals surface area contributed by atoms with Gasteiger partial charge in [-0.2, -0.15) is 0 Å². The lowest BCUT2D eigenvalue weighted by molar-refractivity contribution is -0.148. The number of para-hydroxylation sites is 1. The van der Waals surface area contributed by atoms with Crippen molar-refractivity contribution in [3.05, 3.63) is 30.1 Å². The normalized spacial score (nSPS) is 14.7. The highest BCUT2D eigenvalue weighted by atomic mass is 19.1. The standard InChI is InChI=1S/C14H17FN2O3/c1-16(2)14(19)10-7-17(8-10)13(18)9-20-12-6-4-3-5-11(12)15/h3-6,10H,7-9H2,1-2H3. The van der Waals surface area contributed by atoms with E-state index in [9.17, 15) is 14.0 Å². The first-order valence-electron chi connectivity index (χ1n) is 6.35. The summed E-state index contributed by atoms with van der Waals surface area (Å²) in [5.74, 6) is -0.797. The first-order valence-corrected chi connectivity index (χ1v) is 6.35. The summed E-state index contributed by atoms with van der Waals surface area (Å²) in [5.41, 5.74) is 0. The zero-order valence-corrected chi connectivity index (χ0v) is 11.5. The Labute approximate surface area is 116 Å². The van der Waals surface area contributed by atoms with Crippen molar-refractivity contribution in [1.82, 2.24) is 9.80 Å². The van der Waals surface area contributed by atoms with Gasteiger partial charge in [-0.15, -0.1) is 0 Å².